The number of aliphatic hydroxyl groups is 1. The number of nitrogens with one attached hydrogen (secondary N) is 1. The van der Waals surface area contributed by atoms with E-state index in [4.69, 9.17) is 4.74 Å². The van der Waals surface area contributed by atoms with Gasteiger partial charge in [0, 0.05) is 18.9 Å². The van der Waals surface area contributed by atoms with Gasteiger partial charge in [-0.1, -0.05) is 18.6 Å². The molecule has 2 rings (SSSR count). The molecule has 0 aromatic heterocycles. The second-order valence-corrected chi connectivity index (χ2v) is 6.18. The number of carbonyl (C=O) groups excluding carboxylic acids is 1. The highest BCUT2D eigenvalue weighted by atomic mass is 16.5. The van der Waals surface area contributed by atoms with Gasteiger partial charge in [0.2, 0.25) is 5.91 Å². The van der Waals surface area contributed by atoms with Crippen LogP contribution in [0.5, 0.6) is 5.75 Å². The van der Waals surface area contributed by atoms with Gasteiger partial charge in [-0.25, -0.2) is 0 Å². The number of rotatable bonds is 8. The second-order valence-electron chi connectivity index (χ2n) is 6.18. The van der Waals surface area contributed by atoms with Crippen molar-refractivity contribution in [1.29, 1.82) is 0 Å². The molecule has 1 aromatic rings. The van der Waals surface area contributed by atoms with Crippen LogP contribution in [0, 0.1) is 12.8 Å². The molecule has 1 aliphatic rings. The summed E-state index contributed by atoms with van der Waals surface area (Å²) >= 11 is 0. The van der Waals surface area contributed by atoms with Crippen molar-refractivity contribution in [2.24, 2.45) is 5.92 Å². The first-order chi connectivity index (χ1) is 10.6. The predicted octanol–water partition coefficient (Wildman–Crippen LogP) is 2.82. The molecule has 2 unspecified atom stereocenters. The molecule has 0 radical (unpaired) electrons. The molecule has 2 atom stereocenters. The number of amides is 1. The van der Waals surface area contributed by atoms with Gasteiger partial charge in [0.1, 0.15) is 5.75 Å². The monoisotopic (exact) mass is 305 g/mol. The lowest BCUT2D eigenvalue weighted by molar-refractivity contribution is -0.121. The highest BCUT2D eigenvalue weighted by molar-refractivity contribution is 5.75. The molecule has 0 bridgehead atoms. The number of unbranched alkanes of at least 4 members (excludes halogenated alkanes) is 1. The topological polar surface area (TPSA) is 58.6 Å². The average Bonchev–Trinajstić information content (AvgIpc) is 2.90. The van der Waals surface area contributed by atoms with Crippen LogP contribution >= 0.6 is 0 Å². The van der Waals surface area contributed by atoms with Crippen molar-refractivity contribution in [2.45, 2.75) is 51.6 Å². The Hall–Kier alpha value is -1.55. The van der Waals surface area contributed by atoms with Crippen molar-refractivity contribution in [2.75, 3.05) is 13.2 Å². The van der Waals surface area contributed by atoms with E-state index in [2.05, 4.69) is 5.32 Å². The predicted molar refractivity (Wildman–Crippen MR) is 86.9 cm³/mol. The molecule has 1 saturated carbocycles. The van der Waals surface area contributed by atoms with Gasteiger partial charge in [-0.05, 0) is 50.3 Å². The lowest BCUT2D eigenvalue weighted by Crippen LogP contribution is -2.32. The Morgan fingerprint density at radius 1 is 1.36 bits per heavy atom. The maximum atomic E-state index is 11.8. The van der Waals surface area contributed by atoms with Gasteiger partial charge in [0.05, 0.1) is 12.7 Å². The molecule has 122 valence electrons. The minimum atomic E-state index is -0.233. The second kappa shape index (κ2) is 8.79. The standard InChI is InChI=1S/C18H27NO3/c1-14-6-4-8-16(12-14)22-11-3-2-10-18(21)19-13-15-7-5-9-17(15)20/h4,6,8,12,15,17,20H,2-3,5,7,9-11,13H2,1H3,(H,19,21). The maximum Gasteiger partial charge on any atom is 0.220 e. The van der Waals surface area contributed by atoms with Gasteiger partial charge in [-0.15, -0.1) is 0 Å². The SMILES string of the molecule is Cc1cccc(OCCCCC(=O)NCC2CCCC2O)c1. The van der Waals surface area contributed by atoms with Crippen LogP contribution in [0.25, 0.3) is 0 Å². The van der Waals surface area contributed by atoms with Crippen LogP contribution in [-0.2, 0) is 4.79 Å². The van der Waals surface area contributed by atoms with Crippen LogP contribution < -0.4 is 10.1 Å². The molecule has 4 heteroatoms. The first-order valence-corrected chi connectivity index (χ1v) is 8.29. The molecular weight excluding hydrogens is 278 g/mol. The van der Waals surface area contributed by atoms with Crippen LogP contribution in [0.4, 0.5) is 0 Å². The Morgan fingerprint density at radius 3 is 2.95 bits per heavy atom. The number of ether oxygens (including phenoxy) is 1. The van der Waals surface area contributed by atoms with Crippen LogP contribution in [0.15, 0.2) is 24.3 Å². The highest BCUT2D eigenvalue weighted by Crippen LogP contribution is 2.24. The quantitative estimate of drug-likeness (QED) is 0.726. The molecule has 0 aliphatic heterocycles. The number of hydrogen-bond acceptors (Lipinski definition) is 3. The third-order valence-electron chi connectivity index (χ3n) is 4.24. The van der Waals surface area contributed by atoms with Gasteiger partial charge in [0.25, 0.3) is 0 Å². The minimum absolute atomic E-state index is 0.0784. The first-order valence-electron chi connectivity index (χ1n) is 8.29. The lowest BCUT2D eigenvalue weighted by Gasteiger charge is -2.15. The average molecular weight is 305 g/mol. The fraction of sp³-hybridized carbons (Fsp3) is 0.611. The summed E-state index contributed by atoms with van der Waals surface area (Å²) in [7, 11) is 0. The summed E-state index contributed by atoms with van der Waals surface area (Å²) in [6.45, 7) is 3.29. The summed E-state index contributed by atoms with van der Waals surface area (Å²) < 4.78 is 5.66. The molecule has 1 fully saturated rings. The molecule has 2 N–H and O–H groups in total. The first kappa shape index (κ1) is 16.8. The summed E-state index contributed by atoms with van der Waals surface area (Å²) in [4.78, 5) is 11.8. The van der Waals surface area contributed by atoms with Crippen molar-refractivity contribution in [3.8, 4) is 5.75 Å². The zero-order valence-electron chi connectivity index (χ0n) is 13.4. The summed E-state index contributed by atoms with van der Waals surface area (Å²) in [5.74, 6) is 1.21. The minimum Gasteiger partial charge on any atom is -0.494 e. The molecule has 0 saturated heterocycles. The fourth-order valence-corrected chi connectivity index (χ4v) is 2.87. The smallest absolute Gasteiger partial charge is 0.220 e. The molecule has 1 aliphatic carbocycles. The Kier molecular flexibility index (Phi) is 6.72. The van der Waals surface area contributed by atoms with E-state index in [0.29, 0.717) is 19.6 Å². The van der Waals surface area contributed by atoms with Crippen molar-refractivity contribution >= 4 is 5.91 Å². The lowest BCUT2D eigenvalue weighted by atomic mass is 10.1. The largest absolute Gasteiger partial charge is 0.494 e. The van der Waals surface area contributed by atoms with E-state index in [1.54, 1.807) is 0 Å². The highest BCUT2D eigenvalue weighted by Gasteiger charge is 2.25. The van der Waals surface area contributed by atoms with Gasteiger partial charge < -0.3 is 15.2 Å². The molecule has 1 aromatic carbocycles. The van der Waals surface area contributed by atoms with Crippen LogP contribution in [0.1, 0.15) is 44.1 Å². The molecular formula is C18H27NO3. The molecule has 0 heterocycles. The Morgan fingerprint density at radius 2 is 2.23 bits per heavy atom. The molecule has 0 spiro atoms. The van der Waals surface area contributed by atoms with E-state index in [-0.39, 0.29) is 17.9 Å². The third-order valence-corrected chi connectivity index (χ3v) is 4.24. The maximum absolute atomic E-state index is 11.8. The molecule has 22 heavy (non-hydrogen) atoms. The number of hydrogen-bond donors (Lipinski definition) is 2. The van der Waals surface area contributed by atoms with E-state index in [1.165, 1.54) is 5.56 Å². The van der Waals surface area contributed by atoms with Crippen molar-refractivity contribution in [3.05, 3.63) is 29.8 Å². The zero-order chi connectivity index (χ0) is 15.8. The summed E-state index contributed by atoms with van der Waals surface area (Å²) in [5, 5.41) is 12.6. The van der Waals surface area contributed by atoms with E-state index >= 15 is 0 Å². The van der Waals surface area contributed by atoms with Crippen LogP contribution in [0.3, 0.4) is 0 Å². The Bertz CT molecular complexity index is 475. The number of aryl methyl sites for hydroxylation is 1. The number of carbonyl (C=O) groups is 1. The van der Waals surface area contributed by atoms with Crippen molar-refractivity contribution in [1.82, 2.24) is 5.32 Å². The van der Waals surface area contributed by atoms with Crippen molar-refractivity contribution < 1.29 is 14.6 Å². The van der Waals surface area contributed by atoms with E-state index < -0.39 is 0 Å². The van der Waals surface area contributed by atoms with E-state index in [0.717, 1.165) is 37.9 Å². The summed E-state index contributed by atoms with van der Waals surface area (Å²) in [6.07, 6.45) is 4.95. The van der Waals surface area contributed by atoms with Gasteiger partial charge in [0.15, 0.2) is 0 Å². The zero-order valence-corrected chi connectivity index (χ0v) is 13.4. The number of aliphatic hydroxyl groups excluding tert-OH is 1. The summed E-state index contributed by atoms with van der Waals surface area (Å²) in [6, 6.07) is 7.99. The van der Waals surface area contributed by atoms with Crippen LogP contribution in [0.2, 0.25) is 0 Å². The van der Waals surface area contributed by atoms with Gasteiger partial charge in [-0.2, -0.15) is 0 Å². The van der Waals surface area contributed by atoms with Crippen LogP contribution in [-0.4, -0.2) is 30.3 Å². The van der Waals surface area contributed by atoms with E-state index in [9.17, 15) is 9.90 Å². The Labute approximate surface area is 132 Å². The van der Waals surface area contributed by atoms with Gasteiger partial charge in [-0.3, -0.25) is 4.79 Å². The van der Waals surface area contributed by atoms with Crippen molar-refractivity contribution in [3.63, 3.8) is 0 Å². The summed E-state index contributed by atoms with van der Waals surface area (Å²) in [5.41, 5.74) is 1.19. The number of benzene rings is 1. The van der Waals surface area contributed by atoms with Gasteiger partial charge >= 0.3 is 0 Å². The Balaban J connectivity index is 1.52. The normalized spacial score (nSPS) is 20.8. The van der Waals surface area contributed by atoms with E-state index in [1.807, 2.05) is 31.2 Å². The molecule has 1 amide bonds. The third kappa shape index (κ3) is 5.68. The molecule has 4 nitrogen and oxygen atoms in total. The fourth-order valence-electron chi connectivity index (χ4n) is 2.87.